The Morgan fingerprint density at radius 3 is 2.69 bits per heavy atom. The van der Waals surface area contributed by atoms with Gasteiger partial charge in [-0.1, -0.05) is 6.07 Å². The maximum atomic E-state index is 12.6. The highest BCUT2D eigenvalue weighted by atomic mass is 16.2. The van der Waals surface area contributed by atoms with E-state index in [1.165, 1.54) is 24.7 Å². The number of piperidine rings is 1. The average Bonchev–Trinajstić information content (AvgIpc) is 2.82. The van der Waals surface area contributed by atoms with Gasteiger partial charge in [0.15, 0.2) is 0 Å². The first-order chi connectivity index (χ1) is 15.4. The second-order valence-corrected chi connectivity index (χ2v) is 8.08. The van der Waals surface area contributed by atoms with Gasteiger partial charge < -0.3 is 5.32 Å². The van der Waals surface area contributed by atoms with E-state index in [-0.39, 0.29) is 24.2 Å². The van der Waals surface area contributed by atoms with E-state index in [1.807, 2.05) is 36.5 Å². The van der Waals surface area contributed by atoms with Crippen molar-refractivity contribution in [2.75, 3.05) is 25.0 Å². The minimum Gasteiger partial charge on any atom is -0.311 e. The summed E-state index contributed by atoms with van der Waals surface area (Å²) in [6, 6.07) is 11.1. The minimum absolute atomic E-state index is 0.186. The Hall–Kier alpha value is -3.59. The number of carbonyl (C=O) groups excluding carboxylic acids is 1. The molecule has 3 aromatic heterocycles. The number of rotatable bonds is 5. The molecule has 1 atom stereocenters. The lowest BCUT2D eigenvalue weighted by molar-refractivity contribution is -0.117. The monoisotopic (exact) mass is 434 g/mol. The summed E-state index contributed by atoms with van der Waals surface area (Å²) in [5.41, 5.74) is 1.93. The average molecular weight is 435 g/mol. The fourth-order valence-electron chi connectivity index (χ4n) is 4.01. The van der Waals surface area contributed by atoms with Crippen molar-refractivity contribution in [1.29, 1.82) is 0 Å². The zero-order valence-electron chi connectivity index (χ0n) is 18.2. The maximum Gasteiger partial charge on any atom is 0.332 e. The van der Waals surface area contributed by atoms with Gasteiger partial charge in [-0.05, 0) is 43.7 Å². The first-order valence-corrected chi connectivity index (χ1v) is 10.6. The van der Waals surface area contributed by atoms with Crippen LogP contribution in [0.2, 0.25) is 0 Å². The molecule has 1 amide bonds. The molecule has 1 fully saturated rings. The number of nitrogens with zero attached hydrogens (tertiary/aromatic N) is 5. The van der Waals surface area contributed by atoms with Crippen LogP contribution in [0.1, 0.15) is 24.5 Å². The number of carbonyl (C=O) groups is 1. The number of hydrogen-bond donors (Lipinski definition) is 1. The number of likely N-dealkylation sites (tertiary alicyclic amines) is 1. The van der Waals surface area contributed by atoms with Crippen LogP contribution in [0.5, 0.6) is 0 Å². The van der Waals surface area contributed by atoms with E-state index in [9.17, 15) is 14.4 Å². The smallest absolute Gasteiger partial charge is 0.311 e. The number of hydrogen-bond acceptors (Lipinski definition) is 6. The van der Waals surface area contributed by atoms with Gasteiger partial charge in [0.1, 0.15) is 5.82 Å². The molecule has 9 nitrogen and oxygen atoms in total. The Morgan fingerprint density at radius 1 is 1.12 bits per heavy atom. The van der Waals surface area contributed by atoms with Crippen molar-refractivity contribution < 1.29 is 4.79 Å². The van der Waals surface area contributed by atoms with Crippen LogP contribution >= 0.6 is 0 Å². The van der Waals surface area contributed by atoms with E-state index in [2.05, 4.69) is 20.2 Å². The van der Waals surface area contributed by atoms with Gasteiger partial charge >= 0.3 is 5.69 Å². The van der Waals surface area contributed by atoms with Gasteiger partial charge in [-0.25, -0.2) is 4.79 Å². The van der Waals surface area contributed by atoms with Crippen LogP contribution in [0.25, 0.3) is 11.3 Å². The molecule has 0 aromatic carbocycles. The van der Waals surface area contributed by atoms with Crippen molar-refractivity contribution in [3.05, 3.63) is 75.3 Å². The van der Waals surface area contributed by atoms with Crippen molar-refractivity contribution in [3.8, 4) is 11.3 Å². The lowest BCUT2D eigenvalue weighted by atomic mass is 9.94. The molecule has 0 radical (unpaired) electrons. The molecule has 3 aromatic rings. The summed E-state index contributed by atoms with van der Waals surface area (Å²) in [6.45, 7) is 1.72. The van der Waals surface area contributed by atoms with Crippen LogP contribution in [0, 0.1) is 0 Å². The van der Waals surface area contributed by atoms with Crippen LogP contribution in [0.15, 0.2) is 58.4 Å². The van der Waals surface area contributed by atoms with Gasteiger partial charge in [-0.2, -0.15) is 0 Å². The van der Waals surface area contributed by atoms with Gasteiger partial charge in [0, 0.05) is 56.3 Å². The van der Waals surface area contributed by atoms with Crippen molar-refractivity contribution in [2.45, 2.75) is 18.8 Å². The molecular formula is C23H26N6O3. The highest BCUT2D eigenvalue weighted by Gasteiger charge is 2.24. The summed E-state index contributed by atoms with van der Waals surface area (Å²) in [4.78, 5) is 47.6. The zero-order valence-corrected chi connectivity index (χ0v) is 18.2. The topological polar surface area (TPSA) is 102 Å². The van der Waals surface area contributed by atoms with Crippen LogP contribution in [-0.2, 0) is 18.9 Å². The molecule has 0 saturated carbocycles. The van der Waals surface area contributed by atoms with E-state index in [0.717, 1.165) is 47.4 Å². The van der Waals surface area contributed by atoms with Crippen molar-refractivity contribution in [1.82, 2.24) is 24.0 Å². The van der Waals surface area contributed by atoms with Crippen molar-refractivity contribution >= 4 is 11.7 Å². The Kier molecular flexibility index (Phi) is 6.27. The van der Waals surface area contributed by atoms with Gasteiger partial charge in [-0.15, -0.1) is 0 Å². The summed E-state index contributed by atoms with van der Waals surface area (Å²) in [6.07, 6.45) is 5.58. The number of pyridine rings is 2. The molecule has 0 spiro atoms. The Bertz CT molecular complexity index is 1220. The second-order valence-electron chi connectivity index (χ2n) is 8.08. The van der Waals surface area contributed by atoms with Crippen LogP contribution in [0.3, 0.4) is 0 Å². The van der Waals surface area contributed by atoms with Gasteiger partial charge in [-0.3, -0.25) is 33.6 Å². The molecule has 4 heterocycles. The standard InChI is InChI=1S/C23H26N6O3/c1-27-20(12-22(31)28(2)23(27)32)26-21(30)15-29-11-5-6-17(14-29)19-9-8-16(13-25-19)18-7-3-4-10-24-18/h3-4,7-10,12-13,17H,5-6,11,14-15H2,1-2H3,(H,26,30). The van der Waals surface area contributed by atoms with E-state index < -0.39 is 11.2 Å². The highest BCUT2D eigenvalue weighted by molar-refractivity contribution is 5.91. The third-order valence-electron chi connectivity index (χ3n) is 5.83. The Balaban J connectivity index is 1.40. The lowest BCUT2D eigenvalue weighted by Crippen LogP contribution is -2.42. The third-order valence-corrected chi connectivity index (χ3v) is 5.83. The summed E-state index contributed by atoms with van der Waals surface area (Å²) in [7, 11) is 2.93. The first-order valence-electron chi connectivity index (χ1n) is 10.6. The molecule has 1 aliphatic rings. The minimum atomic E-state index is -0.480. The van der Waals surface area contributed by atoms with Crippen LogP contribution in [0.4, 0.5) is 5.82 Å². The number of aromatic nitrogens is 4. The number of anilines is 1. The SMILES string of the molecule is Cn1c(NC(=O)CN2CCCC(c3ccc(-c4ccccn4)cn3)C2)cc(=O)n(C)c1=O. The normalized spacial score (nSPS) is 16.6. The molecule has 1 saturated heterocycles. The first kappa shape index (κ1) is 21.6. The molecule has 9 heteroatoms. The summed E-state index contributed by atoms with van der Waals surface area (Å²) >= 11 is 0. The quantitative estimate of drug-likeness (QED) is 0.651. The molecule has 0 aliphatic carbocycles. The fourth-order valence-corrected chi connectivity index (χ4v) is 4.01. The Labute approximate surface area is 185 Å². The molecule has 4 rings (SSSR count). The van der Waals surface area contributed by atoms with E-state index in [4.69, 9.17) is 0 Å². The highest BCUT2D eigenvalue weighted by Crippen LogP contribution is 2.26. The van der Waals surface area contributed by atoms with E-state index in [0.29, 0.717) is 0 Å². The predicted octanol–water partition coefficient (Wildman–Crippen LogP) is 1.36. The molecule has 0 bridgehead atoms. The largest absolute Gasteiger partial charge is 0.332 e. The van der Waals surface area contributed by atoms with Crippen LogP contribution in [-0.4, -0.2) is 49.5 Å². The van der Waals surface area contributed by atoms with Crippen molar-refractivity contribution in [2.24, 2.45) is 14.1 Å². The molecule has 32 heavy (non-hydrogen) atoms. The molecule has 1 aliphatic heterocycles. The zero-order chi connectivity index (χ0) is 22.7. The van der Waals surface area contributed by atoms with Gasteiger partial charge in [0.05, 0.1) is 12.2 Å². The number of nitrogens with one attached hydrogen (secondary N) is 1. The number of amides is 1. The molecule has 166 valence electrons. The lowest BCUT2D eigenvalue weighted by Gasteiger charge is -2.32. The summed E-state index contributed by atoms with van der Waals surface area (Å²) < 4.78 is 2.25. The molecule has 1 N–H and O–H groups in total. The third kappa shape index (κ3) is 4.67. The maximum absolute atomic E-state index is 12.6. The van der Waals surface area contributed by atoms with Gasteiger partial charge in [0.25, 0.3) is 5.56 Å². The fraction of sp³-hybridized carbons (Fsp3) is 0.348. The predicted molar refractivity (Wildman–Crippen MR) is 121 cm³/mol. The van der Waals surface area contributed by atoms with E-state index >= 15 is 0 Å². The molecular weight excluding hydrogens is 408 g/mol. The summed E-state index contributed by atoms with van der Waals surface area (Å²) in [5, 5.41) is 2.69. The van der Waals surface area contributed by atoms with Crippen molar-refractivity contribution in [3.63, 3.8) is 0 Å². The molecule has 1 unspecified atom stereocenters. The Morgan fingerprint density at radius 2 is 1.97 bits per heavy atom. The van der Waals surface area contributed by atoms with Crippen LogP contribution < -0.4 is 16.6 Å². The second kappa shape index (κ2) is 9.27. The van der Waals surface area contributed by atoms with E-state index in [1.54, 1.807) is 6.20 Å². The van der Waals surface area contributed by atoms with Gasteiger partial charge in [0.2, 0.25) is 5.91 Å². The summed E-state index contributed by atoms with van der Waals surface area (Å²) in [5.74, 6) is 0.179.